The number of hydrogen-bond acceptors (Lipinski definition) is 4. The first-order valence-corrected chi connectivity index (χ1v) is 8.89. The van der Waals surface area contributed by atoms with E-state index in [9.17, 15) is 13.5 Å². The number of aliphatic hydroxyl groups excluding tert-OH is 1. The van der Waals surface area contributed by atoms with Gasteiger partial charge in [-0.1, -0.05) is 41.9 Å². The summed E-state index contributed by atoms with van der Waals surface area (Å²) in [5.41, 5.74) is 1.55. The molecule has 6 nitrogen and oxygen atoms in total. The number of aliphatic hydroxyl groups is 1. The van der Waals surface area contributed by atoms with Gasteiger partial charge < -0.3 is 5.11 Å². The van der Waals surface area contributed by atoms with Crippen LogP contribution in [0.2, 0.25) is 5.02 Å². The number of rotatable bonds is 5. The van der Waals surface area contributed by atoms with E-state index >= 15 is 0 Å². The molecule has 24 heavy (non-hydrogen) atoms. The highest BCUT2D eigenvalue weighted by atomic mass is 35.5. The molecule has 124 valence electrons. The largest absolute Gasteiger partial charge is 0.390 e. The average molecular weight is 364 g/mol. The second-order valence-corrected chi connectivity index (χ2v) is 7.10. The van der Waals surface area contributed by atoms with Crippen molar-refractivity contribution in [1.82, 2.24) is 9.89 Å². The Kier molecular flexibility index (Phi) is 4.57. The van der Waals surface area contributed by atoms with Gasteiger partial charge in [-0.3, -0.25) is 0 Å². The summed E-state index contributed by atoms with van der Waals surface area (Å²) in [4.78, 5) is 3.66. The van der Waals surface area contributed by atoms with E-state index < -0.39 is 10.0 Å². The minimum atomic E-state index is -3.80. The third kappa shape index (κ3) is 3.43. The lowest BCUT2D eigenvalue weighted by Gasteiger charge is -2.11. The van der Waals surface area contributed by atoms with E-state index in [1.807, 2.05) is 0 Å². The molecule has 0 fully saturated rings. The first-order chi connectivity index (χ1) is 11.5. The lowest BCUT2D eigenvalue weighted by Crippen LogP contribution is -2.25. The van der Waals surface area contributed by atoms with Gasteiger partial charge in [0.15, 0.2) is 0 Å². The van der Waals surface area contributed by atoms with E-state index in [0.717, 1.165) is 4.79 Å². The highest BCUT2D eigenvalue weighted by Crippen LogP contribution is 2.23. The van der Waals surface area contributed by atoms with Gasteiger partial charge in [0, 0.05) is 10.6 Å². The van der Waals surface area contributed by atoms with Gasteiger partial charge in [0.2, 0.25) is 0 Å². The first-order valence-electron chi connectivity index (χ1n) is 7.03. The Labute approximate surface area is 144 Å². The van der Waals surface area contributed by atoms with Crippen molar-refractivity contribution < 1.29 is 13.5 Å². The van der Waals surface area contributed by atoms with Crippen LogP contribution in [0.1, 0.15) is 5.69 Å². The van der Waals surface area contributed by atoms with E-state index in [0.29, 0.717) is 22.0 Å². The SMILES string of the molecule is O=S(=O)(Nn1nc(CO)cc1-c1ccc(Cl)cc1)c1ccccc1. The van der Waals surface area contributed by atoms with Crippen molar-refractivity contribution >= 4 is 21.6 Å². The van der Waals surface area contributed by atoms with Crippen molar-refractivity contribution in [2.24, 2.45) is 0 Å². The molecular formula is C16H14ClN3O3S. The van der Waals surface area contributed by atoms with Gasteiger partial charge in [-0.15, -0.1) is 0 Å². The number of nitrogens with zero attached hydrogens (tertiary/aromatic N) is 2. The van der Waals surface area contributed by atoms with Crippen LogP contribution in [-0.4, -0.2) is 23.4 Å². The third-order valence-corrected chi connectivity index (χ3v) is 4.88. The molecule has 0 radical (unpaired) electrons. The molecule has 0 unspecified atom stereocenters. The van der Waals surface area contributed by atoms with E-state index in [1.54, 1.807) is 48.5 Å². The second-order valence-electron chi connectivity index (χ2n) is 5.01. The lowest BCUT2D eigenvalue weighted by atomic mass is 10.1. The number of sulfonamides is 1. The van der Waals surface area contributed by atoms with E-state index in [2.05, 4.69) is 9.93 Å². The molecule has 0 amide bonds. The summed E-state index contributed by atoms with van der Waals surface area (Å²) in [5.74, 6) is 0. The lowest BCUT2D eigenvalue weighted by molar-refractivity contribution is 0.276. The Hall–Kier alpha value is -2.35. The average Bonchev–Trinajstić information content (AvgIpc) is 2.98. The van der Waals surface area contributed by atoms with Crippen LogP contribution < -0.4 is 4.83 Å². The van der Waals surface area contributed by atoms with Gasteiger partial charge >= 0.3 is 0 Å². The maximum atomic E-state index is 12.5. The fourth-order valence-electron chi connectivity index (χ4n) is 2.17. The van der Waals surface area contributed by atoms with Gasteiger partial charge in [-0.25, -0.2) is 0 Å². The zero-order valence-electron chi connectivity index (χ0n) is 12.4. The summed E-state index contributed by atoms with van der Waals surface area (Å²) >= 11 is 5.88. The van der Waals surface area contributed by atoms with Gasteiger partial charge in [0.25, 0.3) is 10.0 Å². The molecule has 0 saturated carbocycles. The number of aromatic nitrogens is 2. The number of benzene rings is 2. The molecule has 1 heterocycles. The van der Waals surface area contributed by atoms with Crippen molar-refractivity contribution in [3.05, 3.63) is 71.4 Å². The molecule has 0 aliphatic heterocycles. The number of hydrogen-bond donors (Lipinski definition) is 2. The van der Waals surface area contributed by atoms with Crippen molar-refractivity contribution in [1.29, 1.82) is 0 Å². The quantitative estimate of drug-likeness (QED) is 0.729. The molecule has 0 atom stereocenters. The minimum absolute atomic E-state index is 0.119. The minimum Gasteiger partial charge on any atom is -0.390 e. The smallest absolute Gasteiger partial charge is 0.276 e. The van der Waals surface area contributed by atoms with Crippen molar-refractivity contribution in [3.8, 4) is 11.3 Å². The van der Waals surface area contributed by atoms with Crippen LogP contribution in [0.4, 0.5) is 0 Å². The van der Waals surface area contributed by atoms with Crippen LogP contribution in [0.5, 0.6) is 0 Å². The second kappa shape index (κ2) is 6.64. The van der Waals surface area contributed by atoms with Crippen molar-refractivity contribution in [2.45, 2.75) is 11.5 Å². The molecule has 1 aromatic heterocycles. The summed E-state index contributed by atoms with van der Waals surface area (Å²) in [7, 11) is -3.80. The molecule has 0 bridgehead atoms. The predicted molar refractivity (Wildman–Crippen MR) is 91.6 cm³/mol. The Balaban J connectivity index is 2.02. The monoisotopic (exact) mass is 363 g/mol. The zero-order valence-corrected chi connectivity index (χ0v) is 14.0. The third-order valence-electron chi connectivity index (χ3n) is 3.32. The molecule has 2 N–H and O–H groups in total. The summed E-state index contributed by atoms with van der Waals surface area (Å²) in [6.07, 6.45) is 0. The Morgan fingerprint density at radius 2 is 1.75 bits per heavy atom. The van der Waals surface area contributed by atoms with Crippen LogP contribution in [0.15, 0.2) is 65.6 Å². The Morgan fingerprint density at radius 3 is 2.38 bits per heavy atom. The predicted octanol–water partition coefficient (Wildman–Crippen LogP) is 2.63. The van der Waals surface area contributed by atoms with E-state index in [1.165, 1.54) is 12.1 Å². The first kappa shape index (κ1) is 16.5. The molecule has 0 saturated heterocycles. The maximum absolute atomic E-state index is 12.5. The van der Waals surface area contributed by atoms with Gasteiger partial charge in [0.1, 0.15) is 0 Å². The highest BCUT2D eigenvalue weighted by molar-refractivity contribution is 7.92. The van der Waals surface area contributed by atoms with Crippen LogP contribution >= 0.6 is 11.6 Å². The number of nitrogens with one attached hydrogen (secondary N) is 1. The number of halogens is 1. The highest BCUT2D eigenvalue weighted by Gasteiger charge is 2.18. The van der Waals surface area contributed by atoms with Crippen LogP contribution in [-0.2, 0) is 16.6 Å². The molecule has 0 aliphatic carbocycles. The van der Waals surface area contributed by atoms with Crippen LogP contribution in [0, 0.1) is 0 Å². The van der Waals surface area contributed by atoms with E-state index in [-0.39, 0.29) is 11.5 Å². The molecular weight excluding hydrogens is 350 g/mol. The van der Waals surface area contributed by atoms with E-state index in [4.69, 9.17) is 11.6 Å². The van der Waals surface area contributed by atoms with Gasteiger partial charge in [-0.05, 0) is 30.3 Å². The normalized spacial score (nSPS) is 11.4. The Bertz CT molecular complexity index is 938. The fraction of sp³-hybridized carbons (Fsp3) is 0.0625. The molecule has 0 aliphatic rings. The molecule has 0 spiro atoms. The molecule has 3 rings (SSSR count). The summed E-state index contributed by atoms with van der Waals surface area (Å²) in [6.45, 7) is -0.305. The van der Waals surface area contributed by atoms with Crippen molar-refractivity contribution in [2.75, 3.05) is 4.83 Å². The molecule has 3 aromatic rings. The molecule has 8 heteroatoms. The standard InChI is InChI=1S/C16H14ClN3O3S/c17-13-8-6-12(7-9-13)16-10-14(11-21)18-20(16)19-24(22,23)15-4-2-1-3-5-15/h1-10,19,21H,11H2. The van der Waals surface area contributed by atoms with Crippen LogP contribution in [0.3, 0.4) is 0 Å². The summed E-state index contributed by atoms with van der Waals surface area (Å²) < 4.78 is 25.0. The Morgan fingerprint density at radius 1 is 1.08 bits per heavy atom. The summed E-state index contributed by atoms with van der Waals surface area (Å²) in [6, 6.07) is 16.5. The zero-order chi connectivity index (χ0) is 17.2. The fourth-order valence-corrected chi connectivity index (χ4v) is 3.28. The van der Waals surface area contributed by atoms with Gasteiger partial charge in [-0.2, -0.15) is 23.1 Å². The maximum Gasteiger partial charge on any atom is 0.276 e. The topological polar surface area (TPSA) is 84.2 Å². The van der Waals surface area contributed by atoms with Crippen LogP contribution in [0.25, 0.3) is 11.3 Å². The molecule has 2 aromatic carbocycles. The van der Waals surface area contributed by atoms with Gasteiger partial charge in [0.05, 0.1) is 22.9 Å². The van der Waals surface area contributed by atoms with Crippen molar-refractivity contribution in [3.63, 3.8) is 0 Å². The summed E-state index contributed by atoms with van der Waals surface area (Å²) in [5, 5.41) is 14.0.